The summed E-state index contributed by atoms with van der Waals surface area (Å²) in [6, 6.07) is 9.62. The lowest BCUT2D eigenvalue weighted by Gasteiger charge is -2.37. The van der Waals surface area contributed by atoms with Crippen LogP contribution in [-0.4, -0.2) is 78.0 Å². The van der Waals surface area contributed by atoms with Crippen LogP contribution in [0.2, 0.25) is 0 Å². The maximum absolute atomic E-state index is 13.7. The van der Waals surface area contributed by atoms with E-state index in [9.17, 15) is 32.3 Å². The van der Waals surface area contributed by atoms with Gasteiger partial charge in [-0.15, -0.1) is 0 Å². The van der Waals surface area contributed by atoms with E-state index < -0.39 is 23.7 Å². The first-order valence-corrected chi connectivity index (χ1v) is 20.1. The van der Waals surface area contributed by atoms with E-state index in [1.165, 1.54) is 6.20 Å². The molecule has 1 aromatic carbocycles. The lowest BCUT2D eigenvalue weighted by molar-refractivity contribution is -0.138. The minimum Gasteiger partial charge on any atom is -0.382 e. The number of anilines is 1. The zero-order valence-corrected chi connectivity index (χ0v) is 32.8. The number of benzene rings is 1. The number of imidazole rings is 1. The zero-order valence-electron chi connectivity index (χ0n) is 32.8. The van der Waals surface area contributed by atoms with E-state index in [-0.39, 0.29) is 41.9 Å². The molecule has 1 saturated carbocycles. The fourth-order valence-corrected chi connectivity index (χ4v) is 9.12. The molecular formula is C42H48F3N9O4. The lowest BCUT2D eigenvalue weighted by atomic mass is 9.84. The number of para-hydroxylation sites is 1. The van der Waals surface area contributed by atoms with Gasteiger partial charge in [0.1, 0.15) is 17.5 Å². The number of amides is 3. The number of hydrogen-bond acceptors (Lipinski definition) is 8. The van der Waals surface area contributed by atoms with E-state index in [4.69, 9.17) is 0 Å². The van der Waals surface area contributed by atoms with Crippen molar-refractivity contribution < 1.29 is 27.6 Å². The molecule has 0 spiro atoms. The summed E-state index contributed by atoms with van der Waals surface area (Å²) in [6.07, 6.45) is 5.60. The Balaban J connectivity index is 0.867. The van der Waals surface area contributed by atoms with Gasteiger partial charge in [-0.2, -0.15) is 13.2 Å². The molecule has 58 heavy (non-hydrogen) atoms. The Morgan fingerprint density at radius 2 is 1.72 bits per heavy atom. The third-order valence-electron chi connectivity index (χ3n) is 12.1. The summed E-state index contributed by atoms with van der Waals surface area (Å²) >= 11 is 0. The van der Waals surface area contributed by atoms with Crippen molar-refractivity contribution in [3.8, 4) is 5.82 Å². The number of piperidine rings is 2. The van der Waals surface area contributed by atoms with Crippen molar-refractivity contribution in [1.29, 1.82) is 0 Å². The Kier molecular flexibility index (Phi) is 10.6. The second kappa shape index (κ2) is 15.7. The highest BCUT2D eigenvalue weighted by Gasteiger charge is 2.34. The van der Waals surface area contributed by atoms with Crippen molar-refractivity contribution in [3.05, 3.63) is 82.2 Å². The number of aryl methyl sites for hydroxylation is 1. The topological polar surface area (TPSA) is 148 Å². The number of likely N-dealkylation sites (tertiary alicyclic amines) is 1. The fourth-order valence-electron chi connectivity index (χ4n) is 9.12. The first kappa shape index (κ1) is 39.3. The first-order valence-electron chi connectivity index (χ1n) is 20.1. The van der Waals surface area contributed by atoms with Gasteiger partial charge in [0.05, 0.1) is 27.8 Å². The van der Waals surface area contributed by atoms with Crippen LogP contribution in [0.1, 0.15) is 98.7 Å². The van der Waals surface area contributed by atoms with Gasteiger partial charge < -0.3 is 15.5 Å². The quantitative estimate of drug-likeness (QED) is 0.153. The molecule has 2 aliphatic heterocycles. The van der Waals surface area contributed by atoms with Crippen molar-refractivity contribution in [2.75, 3.05) is 25.0 Å². The van der Waals surface area contributed by atoms with Crippen LogP contribution in [0.15, 0.2) is 59.8 Å². The molecule has 306 valence electrons. The number of aromatic nitrogens is 5. The molecule has 3 N–H and O–H groups in total. The Labute approximate surface area is 333 Å². The number of imide groups is 1. The zero-order chi connectivity index (χ0) is 40.9. The van der Waals surface area contributed by atoms with Crippen LogP contribution >= 0.6 is 0 Å². The molecule has 3 aliphatic rings. The van der Waals surface area contributed by atoms with Crippen molar-refractivity contribution in [2.45, 2.75) is 95.4 Å². The van der Waals surface area contributed by atoms with Crippen molar-refractivity contribution in [2.24, 2.45) is 13.0 Å². The number of carbonyl (C=O) groups excluding carboxylic acids is 3. The van der Waals surface area contributed by atoms with Gasteiger partial charge in [-0.25, -0.2) is 14.8 Å². The lowest BCUT2D eigenvalue weighted by Crippen LogP contribution is -2.44. The number of pyridine rings is 2. The molecule has 3 amide bonds. The van der Waals surface area contributed by atoms with Gasteiger partial charge in [-0.05, 0) is 107 Å². The molecule has 0 bridgehead atoms. The number of rotatable bonds is 9. The summed E-state index contributed by atoms with van der Waals surface area (Å²) in [5.41, 5.74) is 2.93. The predicted octanol–water partition coefficient (Wildman–Crippen LogP) is 6.06. The molecule has 0 radical (unpaired) electrons. The van der Waals surface area contributed by atoms with Gasteiger partial charge in [-0.1, -0.05) is 12.1 Å². The second-order valence-electron chi connectivity index (χ2n) is 16.4. The van der Waals surface area contributed by atoms with Crippen LogP contribution in [0.25, 0.3) is 27.9 Å². The van der Waals surface area contributed by atoms with E-state index in [2.05, 4.69) is 36.9 Å². The minimum absolute atomic E-state index is 0.00516. The summed E-state index contributed by atoms with van der Waals surface area (Å²) < 4.78 is 44.6. The molecule has 6 heterocycles. The molecule has 13 nitrogen and oxygen atoms in total. The molecule has 1 unspecified atom stereocenters. The number of nitrogens with one attached hydrogen (secondary N) is 3. The van der Waals surface area contributed by atoms with Gasteiger partial charge in [-0.3, -0.25) is 33.4 Å². The van der Waals surface area contributed by atoms with E-state index in [0.29, 0.717) is 40.4 Å². The molecule has 2 saturated heterocycles. The summed E-state index contributed by atoms with van der Waals surface area (Å²) in [5.74, 6) is 0.258. The Bertz CT molecular complexity index is 2440. The Morgan fingerprint density at radius 3 is 2.43 bits per heavy atom. The van der Waals surface area contributed by atoms with Crippen LogP contribution in [0.5, 0.6) is 0 Å². The number of carbonyl (C=O) groups is 3. The van der Waals surface area contributed by atoms with Gasteiger partial charge in [0.2, 0.25) is 11.8 Å². The van der Waals surface area contributed by atoms with Crippen LogP contribution in [0, 0.1) is 5.92 Å². The standard InChI is InChI=1S/C42H48F3N9O4/c1-24(2)48-32-20-35(53-18-15-27-19-28(42(43,44)45)21-47-38(27)53)46-22-31(32)39(56)49-29-9-7-25(8-10-29)23-52-16-13-26(14-17-52)30-5-4-6-33-37(30)51(3)41(58)54(33)34-11-12-36(55)50-40(34)57/h4-6,15,18-22,24-26,29,34H,7-14,16-17,23H2,1-3H3,(H,46,48)(H,49,56)(H,50,55,57)/t25-,29-,34?. The molecule has 5 aromatic rings. The first-order chi connectivity index (χ1) is 27.7. The smallest absolute Gasteiger partial charge is 0.382 e. The molecule has 8 rings (SSSR count). The monoisotopic (exact) mass is 799 g/mol. The SMILES string of the molecule is CC(C)Nc1cc(-n2ccc3cc(C(F)(F)F)cnc32)ncc1C(=O)N[C@H]1CC[C@H](CN2CCC(c3cccc4c3n(C)c(=O)n4C3CCC(=O)NC3=O)CC2)CC1. The summed E-state index contributed by atoms with van der Waals surface area (Å²) in [5, 5.41) is 9.29. The van der Waals surface area contributed by atoms with E-state index in [1.54, 1.807) is 39.1 Å². The van der Waals surface area contributed by atoms with Gasteiger partial charge in [0, 0.05) is 62.1 Å². The van der Waals surface area contributed by atoms with Crippen LogP contribution in [-0.2, 0) is 22.8 Å². The normalized spacial score (nSPS) is 21.2. The third-order valence-corrected chi connectivity index (χ3v) is 12.1. The number of halogens is 3. The number of hydrogen-bond donors (Lipinski definition) is 3. The maximum atomic E-state index is 13.7. The number of alkyl halides is 3. The van der Waals surface area contributed by atoms with Crippen LogP contribution in [0.4, 0.5) is 18.9 Å². The van der Waals surface area contributed by atoms with E-state index >= 15 is 0 Å². The van der Waals surface area contributed by atoms with Crippen molar-refractivity contribution >= 4 is 45.5 Å². The maximum Gasteiger partial charge on any atom is 0.417 e. The molecular weight excluding hydrogens is 752 g/mol. The highest BCUT2D eigenvalue weighted by molar-refractivity contribution is 6.00. The number of nitrogens with zero attached hydrogens (tertiary/aromatic N) is 6. The fraction of sp³-hybridized carbons (Fsp3) is 0.476. The van der Waals surface area contributed by atoms with Crippen LogP contribution < -0.4 is 21.6 Å². The van der Waals surface area contributed by atoms with Crippen molar-refractivity contribution in [1.82, 2.24) is 39.2 Å². The van der Waals surface area contributed by atoms with Gasteiger partial charge >= 0.3 is 11.9 Å². The molecule has 3 fully saturated rings. The summed E-state index contributed by atoms with van der Waals surface area (Å²) in [4.78, 5) is 62.7. The second-order valence-corrected chi connectivity index (χ2v) is 16.4. The van der Waals surface area contributed by atoms with Crippen LogP contribution in [0.3, 0.4) is 0 Å². The highest BCUT2D eigenvalue weighted by Crippen LogP contribution is 2.36. The van der Waals surface area contributed by atoms with Gasteiger partial charge in [0.25, 0.3) is 5.91 Å². The predicted molar refractivity (Wildman–Crippen MR) is 213 cm³/mol. The third kappa shape index (κ3) is 7.73. The number of fused-ring (bicyclic) bond motifs is 2. The van der Waals surface area contributed by atoms with Gasteiger partial charge in [0.15, 0.2) is 0 Å². The molecule has 4 aromatic heterocycles. The average molecular weight is 800 g/mol. The van der Waals surface area contributed by atoms with E-state index in [0.717, 1.165) is 87.0 Å². The summed E-state index contributed by atoms with van der Waals surface area (Å²) in [7, 11) is 1.76. The highest BCUT2D eigenvalue weighted by atomic mass is 19.4. The largest absolute Gasteiger partial charge is 0.417 e. The van der Waals surface area contributed by atoms with E-state index in [1.807, 2.05) is 26.0 Å². The molecule has 16 heteroatoms. The Morgan fingerprint density at radius 1 is 0.966 bits per heavy atom. The van der Waals surface area contributed by atoms with Crippen molar-refractivity contribution in [3.63, 3.8) is 0 Å². The summed E-state index contributed by atoms with van der Waals surface area (Å²) in [6.45, 7) is 6.81. The average Bonchev–Trinajstić information content (AvgIpc) is 3.73. The molecule has 1 aliphatic carbocycles. The Hall–Kier alpha value is -5.51. The molecule has 1 atom stereocenters. The minimum atomic E-state index is -4.50.